The number of piperazine rings is 1. The molecule has 1 amide bonds. The molecule has 9 heteroatoms. The predicted molar refractivity (Wildman–Crippen MR) is 120 cm³/mol. The van der Waals surface area contributed by atoms with Gasteiger partial charge in [0.1, 0.15) is 0 Å². The fourth-order valence-corrected chi connectivity index (χ4v) is 4.52. The monoisotopic (exact) mass is 450 g/mol. The second-order valence-electron chi connectivity index (χ2n) is 7.37. The van der Waals surface area contributed by atoms with Crippen LogP contribution in [0.25, 0.3) is 0 Å². The average molecular weight is 451 g/mol. The smallest absolute Gasteiger partial charge is 0.261 e. The molecular formula is C21H27ClN4O3S. The minimum atomic E-state index is -3.74. The number of halogens is 1. The summed E-state index contributed by atoms with van der Waals surface area (Å²) in [6.07, 6.45) is 0.841. The number of amides is 1. The van der Waals surface area contributed by atoms with Gasteiger partial charge in [0.25, 0.3) is 15.9 Å². The molecule has 0 unspecified atom stereocenters. The van der Waals surface area contributed by atoms with Crippen LogP contribution in [0.1, 0.15) is 16.8 Å². The molecule has 3 rings (SSSR count). The van der Waals surface area contributed by atoms with E-state index in [1.807, 2.05) is 0 Å². The van der Waals surface area contributed by atoms with Gasteiger partial charge in [0.2, 0.25) is 0 Å². The van der Waals surface area contributed by atoms with Crippen molar-refractivity contribution >= 4 is 33.2 Å². The zero-order valence-corrected chi connectivity index (χ0v) is 18.5. The Hall–Kier alpha value is -2.13. The standard InChI is InChI=1S/C21H27ClN4O3S/c1-25-12-14-26(15-13-25)11-5-10-23-21(27)19-16-17(8-9-20(19)22)24-30(28,29)18-6-3-2-4-7-18/h2-4,6-9,16,24H,5,10-15H2,1H3,(H,23,27). The van der Waals surface area contributed by atoms with Crippen molar-refractivity contribution in [3.63, 3.8) is 0 Å². The van der Waals surface area contributed by atoms with Crippen molar-refractivity contribution in [3.8, 4) is 0 Å². The third-order valence-electron chi connectivity index (χ3n) is 5.05. The number of likely N-dealkylation sites (N-methyl/N-ethyl adjacent to an activating group) is 1. The van der Waals surface area contributed by atoms with Gasteiger partial charge in [-0.25, -0.2) is 8.42 Å². The summed E-state index contributed by atoms with van der Waals surface area (Å²) < 4.78 is 27.5. The fourth-order valence-electron chi connectivity index (χ4n) is 3.25. The zero-order valence-electron chi connectivity index (χ0n) is 17.0. The molecule has 0 atom stereocenters. The van der Waals surface area contributed by atoms with Crippen molar-refractivity contribution in [1.82, 2.24) is 15.1 Å². The van der Waals surface area contributed by atoms with Gasteiger partial charge in [0, 0.05) is 38.4 Å². The van der Waals surface area contributed by atoms with E-state index in [0.717, 1.165) is 39.1 Å². The van der Waals surface area contributed by atoms with Gasteiger partial charge in [-0.15, -0.1) is 0 Å². The number of anilines is 1. The van der Waals surface area contributed by atoms with E-state index in [4.69, 9.17) is 11.6 Å². The van der Waals surface area contributed by atoms with E-state index < -0.39 is 10.0 Å². The van der Waals surface area contributed by atoms with E-state index in [9.17, 15) is 13.2 Å². The van der Waals surface area contributed by atoms with Gasteiger partial charge in [0.05, 0.1) is 15.5 Å². The van der Waals surface area contributed by atoms with Crippen LogP contribution in [-0.2, 0) is 10.0 Å². The van der Waals surface area contributed by atoms with Crippen molar-refractivity contribution in [2.75, 3.05) is 51.0 Å². The number of benzene rings is 2. The predicted octanol–water partition coefficient (Wildman–Crippen LogP) is 2.51. The quantitative estimate of drug-likeness (QED) is 0.604. The normalized spacial score (nSPS) is 15.7. The van der Waals surface area contributed by atoms with Gasteiger partial charge < -0.3 is 15.1 Å². The highest BCUT2D eigenvalue weighted by atomic mass is 35.5. The molecule has 0 aliphatic carbocycles. The van der Waals surface area contributed by atoms with Crippen molar-refractivity contribution in [3.05, 3.63) is 59.1 Å². The molecule has 1 heterocycles. The summed E-state index contributed by atoms with van der Waals surface area (Å²) >= 11 is 6.18. The topological polar surface area (TPSA) is 81.8 Å². The Balaban J connectivity index is 1.56. The molecule has 2 aromatic rings. The highest BCUT2D eigenvalue weighted by molar-refractivity contribution is 7.92. The Bertz CT molecular complexity index is 961. The molecule has 2 aromatic carbocycles. The van der Waals surface area contributed by atoms with Gasteiger partial charge in [-0.2, -0.15) is 0 Å². The third kappa shape index (κ3) is 6.18. The molecule has 1 saturated heterocycles. The largest absolute Gasteiger partial charge is 0.352 e. The first-order valence-corrected chi connectivity index (χ1v) is 11.8. The summed E-state index contributed by atoms with van der Waals surface area (Å²) in [6.45, 7) is 5.67. The molecule has 0 bridgehead atoms. The van der Waals surface area contributed by atoms with E-state index in [-0.39, 0.29) is 27.1 Å². The second-order valence-corrected chi connectivity index (χ2v) is 9.46. The Morgan fingerprint density at radius 1 is 1.07 bits per heavy atom. The van der Waals surface area contributed by atoms with Gasteiger partial charge in [-0.3, -0.25) is 9.52 Å². The molecule has 1 aliphatic heterocycles. The van der Waals surface area contributed by atoms with Crippen LogP contribution >= 0.6 is 11.6 Å². The number of nitrogens with one attached hydrogen (secondary N) is 2. The lowest BCUT2D eigenvalue weighted by atomic mass is 10.2. The molecule has 1 aliphatic rings. The van der Waals surface area contributed by atoms with Crippen LogP contribution in [0, 0.1) is 0 Å². The van der Waals surface area contributed by atoms with E-state index in [1.165, 1.54) is 30.3 Å². The summed E-state index contributed by atoms with van der Waals surface area (Å²) in [6, 6.07) is 12.6. The maximum absolute atomic E-state index is 12.6. The lowest BCUT2D eigenvalue weighted by molar-refractivity contribution is 0.0949. The van der Waals surface area contributed by atoms with Crippen molar-refractivity contribution in [1.29, 1.82) is 0 Å². The molecular weight excluding hydrogens is 424 g/mol. The Kier molecular flexibility index (Phi) is 7.71. The molecule has 0 saturated carbocycles. The zero-order chi connectivity index (χ0) is 21.6. The first-order valence-electron chi connectivity index (χ1n) is 9.92. The maximum atomic E-state index is 12.6. The van der Waals surface area contributed by atoms with Crippen LogP contribution in [0.5, 0.6) is 0 Å². The lowest BCUT2D eigenvalue weighted by Crippen LogP contribution is -2.45. The van der Waals surface area contributed by atoms with Gasteiger partial charge in [-0.05, 0) is 50.3 Å². The Labute approximate surface area is 183 Å². The first kappa shape index (κ1) is 22.6. The third-order valence-corrected chi connectivity index (χ3v) is 6.78. The first-order chi connectivity index (χ1) is 14.3. The van der Waals surface area contributed by atoms with Crippen LogP contribution < -0.4 is 10.0 Å². The van der Waals surface area contributed by atoms with Crippen LogP contribution in [0.3, 0.4) is 0 Å². The van der Waals surface area contributed by atoms with Gasteiger partial charge in [-0.1, -0.05) is 29.8 Å². The highest BCUT2D eigenvalue weighted by Crippen LogP contribution is 2.23. The Morgan fingerprint density at radius 3 is 2.47 bits per heavy atom. The Morgan fingerprint density at radius 2 is 1.77 bits per heavy atom. The number of rotatable bonds is 8. The molecule has 2 N–H and O–H groups in total. The molecule has 0 radical (unpaired) electrons. The molecule has 7 nitrogen and oxygen atoms in total. The summed E-state index contributed by atoms with van der Waals surface area (Å²) in [5.74, 6) is -0.320. The molecule has 0 aromatic heterocycles. The van der Waals surface area contributed by atoms with Crippen LogP contribution in [0.2, 0.25) is 5.02 Å². The SMILES string of the molecule is CN1CCN(CCCNC(=O)c2cc(NS(=O)(=O)c3ccccc3)ccc2Cl)CC1. The number of carbonyl (C=O) groups is 1. The van der Waals surface area contributed by atoms with Crippen molar-refractivity contribution in [2.45, 2.75) is 11.3 Å². The average Bonchev–Trinajstić information content (AvgIpc) is 2.74. The van der Waals surface area contributed by atoms with Crippen molar-refractivity contribution < 1.29 is 13.2 Å². The summed E-state index contributed by atoms with van der Waals surface area (Å²) in [5, 5.41) is 3.14. The van der Waals surface area contributed by atoms with E-state index in [1.54, 1.807) is 18.2 Å². The van der Waals surface area contributed by atoms with Crippen molar-refractivity contribution in [2.24, 2.45) is 0 Å². The number of hydrogen-bond acceptors (Lipinski definition) is 5. The maximum Gasteiger partial charge on any atom is 0.261 e. The number of nitrogens with zero attached hydrogens (tertiary/aromatic N) is 2. The highest BCUT2D eigenvalue weighted by Gasteiger charge is 2.17. The van der Waals surface area contributed by atoms with E-state index in [2.05, 4.69) is 26.9 Å². The number of carbonyl (C=O) groups excluding carboxylic acids is 1. The van der Waals surface area contributed by atoms with Crippen LogP contribution in [-0.4, -0.2) is 70.4 Å². The summed E-state index contributed by atoms with van der Waals surface area (Å²) in [5.41, 5.74) is 0.523. The molecule has 162 valence electrons. The van der Waals surface area contributed by atoms with E-state index in [0.29, 0.717) is 6.54 Å². The number of sulfonamides is 1. The second kappa shape index (κ2) is 10.3. The van der Waals surface area contributed by atoms with Crippen LogP contribution in [0.15, 0.2) is 53.4 Å². The molecule has 1 fully saturated rings. The number of hydrogen-bond donors (Lipinski definition) is 2. The summed E-state index contributed by atoms with van der Waals surface area (Å²) in [4.78, 5) is 17.4. The minimum absolute atomic E-state index is 0.148. The minimum Gasteiger partial charge on any atom is -0.352 e. The summed E-state index contributed by atoms with van der Waals surface area (Å²) in [7, 11) is -1.62. The van der Waals surface area contributed by atoms with E-state index >= 15 is 0 Å². The molecule has 0 spiro atoms. The lowest BCUT2D eigenvalue weighted by Gasteiger charge is -2.32. The van der Waals surface area contributed by atoms with Crippen LogP contribution in [0.4, 0.5) is 5.69 Å². The van der Waals surface area contributed by atoms with Gasteiger partial charge in [0.15, 0.2) is 0 Å². The van der Waals surface area contributed by atoms with Gasteiger partial charge >= 0.3 is 0 Å². The fraction of sp³-hybridized carbons (Fsp3) is 0.381. The molecule has 30 heavy (non-hydrogen) atoms.